The Balaban J connectivity index is 1.89. The molecule has 158 valence electrons. The molecule has 11 heteroatoms. The molecule has 1 aliphatic heterocycles. The lowest BCUT2D eigenvalue weighted by Crippen LogP contribution is -2.39. The first kappa shape index (κ1) is 22.2. The molecule has 1 heterocycles. The van der Waals surface area contributed by atoms with Crippen molar-refractivity contribution >= 4 is 11.7 Å². The van der Waals surface area contributed by atoms with E-state index in [-0.39, 0.29) is 50.5 Å². The second kappa shape index (κ2) is 9.94. The number of ether oxygens (including phenoxy) is 3. The van der Waals surface area contributed by atoms with Crippen LogP contribution in [0.25, 0.3) is 0 Å². The van der Waals surface area contributed by atoms with Gasteiger partial charge in [-0.15, -0.1) is 0 Å². The molecule has 0 amide bonds. The Hall–Kier alpha value is -2.05. The number of rotatable bonds is 10. The van der Waals surface area contributed by atoms with Crippen molar-refractivity contribution in [2.24, 2.45) is 0 Å². The van der Waals surface area contributed by atoms with Crippen molar-refractivity contribution in [1.29, 1.82) is 0 Å². The SMILES string of the molecule is CCOc1c(NCCO[C@H]2OC(CCC(=O)O)[C@@H](O)C(O)CC2O)c(=O)c1=O. The van der Waals surface area contributed by atoms with Crippen LogP contribution in [-0.2, 0) is 14.3 Å². The molecule has 0 aliphatic carbocycles. The summed E-state index contributed by atoms with van der Waals surface area (Å²) in [4.78, 5) is 33.6. The number of anilines is 1. The molecular formula is C17H25NO10. The summed E-state index contributed by atoms with van der Waals surface area (Å²) in [5.41, 5.74) is -1.32. The fourth-order valence-corrected chi connectivity index (χ4v) is 2.91. The zero-order chi connectivity index (χ0) is 20.8. The van der Waals surface area contributed by atoms with E-state index in [9.17, 15) is 29.7 Å². The molecule has 1 aromatic carbocycles. The lowest BCUT2D eigenvalue weighted by atomic mass is 10.0. The largest absolute Gasteiger partial charge is 0.488 e. The van der Waals surface area contributed by atoms with Crippen LogP contribution in [0.2, 0.25) is 0 Å². The second-order valence-corrected chi connectivity index (χ2v) is 6.43. The number of hydrogen-bond donors (Lipinski definition) is 5. The zero-order valence-electron chi connectivity index (χ0n) is 15.4. The van der Waals surface area contributed by atoms with Crippen LogP contribution in [0.1, 0.15) is 26.2 Å². The van der Waals surface area contributed by atoms with Gasteiger partial charge in [0.25, 0.3) is 10.9 Å². The van der Waals surface area contributed by atoms with Crippen molar-refractivity contribution in [1.82, 2.24) is 0 Å². The van der Waals surface area contributed by atoms with Gasteiger partial charge in [0.05, 0.1) is 25.4 Å². The van der Waals surface area contributed by atoms with Gasteiger partial charge in [-0.2, -0.15) is 0 Å². The van der Waals surface area contributed by atoms with E-state index in [4.69, 9.17) is 19.3 Å². The van der Waals surface area contributed by atoms with Gasteiger partial charge >= 0.3 is 5.97 Å². The Morgan fingerprint density at radius 2 is 1.93 bits per heavy atom. The zero-order valence-corrected chi connectivity index (χ0v) is 15.4. The average Bonchev–Trinajstić information content (AvgIpc) is 2.75. The number of aliphatic carboxylic acids is 1. The number of aliphatic hydroxyl groups is 3. The highest BCUT2D eigenvalue weighted by atomic mass is 16.7. The van der Waals surface area contributed by atoms with E-state index >= 15 is 0 Å². The van der Waals surface area contributed by atoms with Gasteiger partial charge in [-0.05, 0) is 13.3 Å². The minimum Gasteiger partial charge on any atom is -0.488 e. The monoisotopic (exact) mass is 403 g/mol. The molecular weight excluding hydrogens is 378 g/mol. The van der Waals surface area contributed by atoms with E-state index < -0.39 is 47.5 Å². The summed E-state index contributed by atoms with van der Waals surface area (Å²) in [5.74, 6) is -1.12. The Morgan fingerprint density at radius 1 is 1.21 bits per heavy atom. The van der Waals surface area contributed by atoms with Gasteiger partial charge in [0, 0.05) is 19.4 Å². The smallest absolute Gasteiger partial charge is 0.303 e. The number of nitrogens with one attached hydrogen (secondary N) is 1. The van der Waals surface area contributed by atoms with Crippen LogP contribution in [-0.4, -0.2) is 76.9 Å². The molecule has 5 atom stereocenters. The van der Waals surface area contributed by atoms with Gasteiger partial charge in [0.15, 0.2) is 12.0 Å². The number of carbonyl (C=O) groups is 1. The fourth-order valence-electron chi connectivity index (χ4n) is 2.91. The van der Waals surface area contributed by atoms with Crippen LogP contribution < -0.4 is 20.9 Å². The Kier molecular flexibility index (Phi) is 7.89. The number of aliphatic hydroxyl groups excluding tert-OH is 3. The molecule has 1 aliphatic rings. The summed E-state index contributed by atoms with van der Waals surface area (Å²) in [6.45, 7) is 1.98. The molecule has 1 aromatic rings. The third-order valence-corrected chi connectivity index (χ3v) is 4.37. The molecule has 5 N–H and O–H groups in total. The number of carboxylic acid groups (broad SMARTS) is 1. The van der Waals surface area contributed by atoms with E-state index in [2.05, 4.69) is 5.32 Å². The maximum Gasteiger partial charge on any atom is 0.303 e. The van der Waals surface area contributed by atoms with Crippen molar-refractivity contribution < 1.29 is 39.4 Å². The van der Waals surface area contributed by atoms with Crippen molar-refractivity contribution in [2.45, 2.75) is 56.9 Å². The molecule has 0 spiro atoms. The highest BCUT2D eigenvalue weighted by Gasteiger charge is 2.38. The topological polar surface area (TPSA) is 172 Å². The van der Waals surface area contributed by atoms with Crippen molar-refractivity contribution in [3.63, 3.8) is 0 Å². The van der Waals surface area contributed by atoms with Gasteiger partial charge in [-0.1, -0.05) is 0 Å². The van der Waals surface area contributed by atoms with Gasteiger partial charge in [-0.25, -0.2) is 0 Å². The minimum atomic E-state index is -1.36. The van der Waals surface area contributed by atoms with Crippen LogP contribution in [0.15, 0.2) is 9.59 Å². The lowest BCUT2D eigenvalue weighted by molar-refractivity contribution is -0.219. The molecule has 11 nitrogen and oxygen atoms in total. The van der Waals surface area contributed by atoms with Gasteiger partial charge in [-0.3, -0.25) is 14.4 Å². The van der Waals surface area contributed by atoms with Crippen LogP contribution in [0.3, 0.4) is 0 Å². The fraction of sp³-hybridized carbons (Fsp3) is 0.706. The normalized spacial score (nSPS) is 28.1. The van der Waals surface area contributed by atoms with Gasteiger partial charge in [0.2, 0.25) is 0 Å². The van der Waals surface area contributed by atoms with E-state index in [1.807, 2.05) is 0 Å². The Bertz CT molecular complexity index is 728. The van der Waals surface area contributed by atoms with Crippen molar-refractivity contribution in [3.05, 3.63) is 20.4 Å². The Morgan fingerprint density at radius 3 is 2.57 bits per heavy atom. The van der Waals surface area contributed by atoms with Gasteiger partial charge in [0.1, 0.15) is 17.9 Å². The quantitative estimate of drug-likeness (QED) is 0.220. The number of hydrogen-bond acceptors (Lipinski definition) is 10. The third-order valence-electron chi connectivity index (χ3n) is 4.37. The molecule has 3 unspecified atom stereocenters. The van der Waals surface area contributed by atoms with E-state index in [0.717, 1.165) is 0 Å². The molecule has 1 fully saturated rings. The van der Waals surface area contributed by atoms with E-state index in [1.165, 1.54) is 0 Å². The van der Waals surface area contributed by atoms with E-state index in [1.54, 1.807) is 6.92 Å². The predicted molar refractivity (Wildman–Crippen MR) is 95.1 cm³/mol. The summed E-state index contributed by atoms with van der Waals surface area (Å²) >= 11 is 0. The first-order chi connectivity index (χ1) is 13.3. The molecule has 1 saturated heterocycles. The standard InChI is InChI=1S/C17H25NO10/c1-2-26-16-12(14(24)15(16)25)18-5-6-27-17-9(20)7-8(19)13(23)10(28-17)3-4-11(21)22/h8-10,13,17-20,23H,2-7H2,1H3,(H,21,22)/t8?,9?,10?,13-,17-/m0/s1. The van der Waals surface area contributed by atoms with Crippen molar-refractivity contribution in [3.8, 4) is 5.75 Å². The lowest BCUT2D eigenvalue weighted by Gasteiger charge is -2.26. The number of carboxylic acids is 1. The molecule has 28 heavy (non-hydrogen) atoms. The highest BCUT2D eigenvalue weighted by molar-refractivity contribution is 5.66. The predicted octanol–water partition coefficient (Wildman–Crippen LogP) is -1.83. The average molecular weight is 403 g/mol. The van der Waals surface area contributed by atoms with E-state index in [0.29, 0.717) is 0 Å². The first-order valence-corrected chi connectivity index (χ1v) is 8.99. The molecule has 0 aromatic heterocycles. The summed E-state index contributed by atoms with van der Waals surface area (Å²) < 4.78 is 16.0. The molecule has 0 saturated carbocycles. The molecule has 0 radical (unpaired) electrons. The second-order valence-electron chi connectivity index (χ2n) is 6.43. The Labute approximate surface area is 160 Å². The molecule has 2 rings (SSSR count). The van der Waals surface area contributed by atoms with Crippen LogP contribution >= 0.6 is 0 Å². The molecule has 0 bridgehead atoms. The maximum absolute atomic E-state index is 11.5. The van der Waals surface area contributed by atoms with Crippen LogP contribution in [0.4, 0.5) is 5.69 Å². The summed E-state index contributed by atoms with van der Waals surface area (Å²) in [7, 11) is 0. The third kappa shape index (κ3) is 5.26. The first-order valence-electron chi connectivity index (χ1n) is 8.99. The van der Waals surface area contributed by atoms with Crippen molar-refractivity contribution in [2.75, 3.05) is 25.1 Å². The summed E-state index contributed by atoms with van der Waals surface area (Å²) in [5, 5.41) is 41.6. The van der Waals surface area contributed by atoms with Crippen LogP contribution in [0, 0.1) is 0 Å². The minimum absolute atomic E-state index is 0.0294. The maximum atomic E-state index is 11.5. The summed E-state index contributed by atoms with van der Waals surface area (Å²) in [6, 6.07) is 0. The van der Waals surface area contributed by atoms with Crippen LogP contribution in [0.5, 0.6) is 5.75 Å². The summed E-state index contributed by atoms with van der Waals surface area (Å²) in [6.07, 6.45) is -6.70. The van der Waals surface area contributed by atoms with Gasteiger partial charge < -0.3 is 40.0 Å². The highest BCUT2D eigenvalue weighted by Crippen LogP contribution is 2.24.